The highest BCUT2D eigenvalue weighted by molar-refractivity contribution is 6.06. The van der Waals surface area contributed by atoms with Crippen LogP contribution in [0.2, 0.25) is 0 Å². The molecule has 1 amide bonds. The van der Waals surface area contributed by atoms with Crippen LogP contribution in [-0.2, 0) is 4.79 Å². The van der Waals surface area contributed by atoms with Gasteiger partial charge >= 0.3 is 0 Å². The van der Waals surface area contributed by atoms with Gasteiger partial charge in [-0.3, -0.25) is 14.9 Å². The van der Waals surface area contributed by atoms with Crippen molar-refractivity contribution < 1.29 is 9.72 Å². The van der Waals surface area contributed by atoms with Crippen molar-refractivity contribution >= 4 is 28.9 Å². The minimum atomic E-state index is -0.871. The van der Waals surface area contributed by atoms with Crippen molar-refractivity contribution in [2.45, 2.75) is 13.0 Å². The molecule has 186 valence electrons. The first-order valence-electron chi connectivity index (χ1n) is 11.7. The van der Waals surface area contributed by atoms with Gasteiger partial charge in [0.25, 0.3) is 11.6 Å². The average molecular weight is 496 g/mol. The molecule has 5 rings (SSSR count). The maximum absolute atomic E-state index is 13.6. The number of hydrogen-bond donors (Lipinski definition) is 2. The molecule has 0 saturated heterocycles. The lowest BCUT2D eigenvalue weighted by molar-refractivity contribution is -0.385. The number of benzene rings is 3. The van der Waals surface area contributed by atoms with E-state index in [1.54, 1.807) is 41.9 Å². The Morgan fingerprint density at radius 2 is 1.70 bits per heavy atom. The van der Waals surface area contributed by atoms with Crippen LogP contribution >= 0.6 is 0 Å². The van der Waals surface area contributed by atoms with Gasteiger partial charge in [0.15, 0.2) is 5.82 Å². The van der Waals surface area contributed by atoms with Crippen LogP contribution in [-0.4, -0.2) is 39.7 Å². The predicted molar refractivity (Wildman–Crippen MR) is 142 cm³/mol. The Bertz CT molecular complexity index is 1510. The van der Waals surface area contributed by atoms with E-state index in [9.17, 15) is 14.9 Å². The molecule has 3 aromatic carbocycles. The van der Waals surface area contributed by atoms with Crippen molar-refractivity contribution in [2.24, 2.45) is 0 Å². The van der Waals surface area contributed by atoms with Crippen LogP contribution in [0.4, 0.5) is 23.0 Å². The third-order valence-electron chi connectivity index (χ3n) is 6.20. The summed E-state index contributed by atoms with van der Waals surface area (Å²) in [5, 5.41) is 22.8. The first-order valence-corrected chi connectivity index (χ1v) is 11.7. The number of aromatic nitrogens is 3. The number of carbonyl (C=O) groups is 1. The molecule has 0 saturated carbocycles. The molecule has 37 heavy (non-hydrogen) atoms. The second-order valence-corrected chi connectivity index (χ2v) is 8.85. The highest BCUT2D eigenvalue weighted by Gasteiger charge is 2.37. The summed E-state index contributed by atoms with van der Waals surface area (Å²) in [7, 11) is 3.92. The molecule has 0 spiro atoms. The highest BCUT2D eigenvalue weighted by Crippen LogP contribution is 2.40. The summed E-state index contributed by atoms with van der Waals surface area (Å²) < 4.78 is 1.55. The van der Waals surface area contributed by atoms with E-state index in [0.29, 0.717) is 34.3 Å². The lowest BCUT2D eigenvalue weighted by Crippen LogP contribution is -2.31. The summed E-state index contributed by atoms with van der Waals surface area (Å²) in [6.07, 6.45) is 0. The normalized spacial score (nSPS) is 14.5. The molecule has 0 aliphatic carbocycles. The second-order valence-electron chi connectivity index (χ2n) is 8.85. The third kappa shape index (κ3) is 4.52. The van der Waals surface area contributed by atoms with E-state index in [1.165, 1.54) is 6.07 Å². The Hall–Kier alpha value is -4.99. The fraction of sp³-hybridized carbons (Fsp3) is 0.148. The van der Waals surface area contributed by atoms with Crippen LogP contribution in [0.3, 0.4) is 0 Å². The van der Waals surface area contributed by atoms with Crippen LogP contribution in [0.5, 0.6) is 0 Å². The van der Waals surface area contributed by atoms with Gasteiger partial charge in [-0.2, -0.15) is 4.98 Å². The van der Waals surface area contributed by atoms with Gasteiger partial charge in [0.1, 0.15) is 6.04 Å². The van der Waals surface area contributed by atoms with E-state index in [1.807, 2.05) is 61.5 Å². The molecule has 1 aliphatic rings. The topological polar surface area (TPSA) is 118 Å². The number of carbonyl (C=O) groups excluding carboxylic acids is 1. The van der Waals surface area contributed by atoms with Gasteiger partial charge in [-0.25, -0.2) is 4.68 Å². The fourth-order valence-electron chi connectivity index (χ4n) is 4.37. The van der Waals surface area contributed by atoms with Crippen LogP contribution in [0.15, 0.2) is 90.1 Å². The minimum absolute atomic E-state index is 0.106. The molecule has 2 N–H and O–H groups in total. The third-order valence-corrected chi connectivity index (χ3v) is 6.20. The van der Waals surface area contributed by atoms with Crippen molar-refractivity contribution in [3.63, 3.8) is 0 Å². The first kappa shape index (κ1) is 23.7. The van der Waals surface area contributed by atoms with E-state index < -0.39 is 16.9 Å². The number of amides is 1. The zero-order valence-corrected chi connectivity index (χ0v) is 20.5. The summed E-state index contributed by atoms with van der Waals surface area (Å²) in [6, 6.07) is 22.3. The fourth-order valence-corrected chi connectivity index (χ4v) is 4.37. The Balaban J connectivity index is 1.63. The quantitative estimate of drug-likeness (QED) is 0.290. The van der Waals surface area contributed by atoms with E-state index in [2.05, 4.69) is 15.6 Å². The number of rotatable bonds is 6. The van der Waals surface area contributed by atoms with Crippen LogP contribution in [0.1, 0.15) is 18.5 Å². The predicted octanol–water partition coefficient (Wildman–Crippen LogP) is 4.85. The molecule has 0 bridgehead atoms. The number of nitro groups is 1. The maximum Gasteiger partial charge on any atom is 0.275 e. The van der Waals surface area contributed by atoms with Gasteiger partial charge in [-0.1, -0.05) is 30.3 Å². The zero-order valence-electron chi connectivity index (χ0n) is 20.5. The lowest BCUT2D eigenvalue weighted by atomic mass is 9.93. The maximum atomic E-state index is 13.6. The van der Waals surface area contributed by atoms with E-state index >= 15 is 0 Å². The number of nitro benzene ring substituents is 1. The number of anilines is 3. The van der Waals surface area contributed by atoms with Crippen LogP contribution in [0, 0.1) is 10.1 Å². The lowest BCUT2D eigenvalue weighted by Gasteiger charge is -2.28. The molecule has 1 aromatic heterocycles. The largest absolute Gasteiger partial charge is 0.378 e. The van der Waals surface area contributed by atoms with Crippen LogP contribution in [0.25, 0.3) is 11.4 Å². The Labute approximate surface area is 213 Å². The van der Waals surface area contributed by atoms with Gasteiger partial charge in [0, 0.05) is 42.8 Å². The zero-order chi connectivity index (χ0) is 26.1. The summed E-state index contributed by atoms with van der Waals surface area (Å²) in [4.78, 5) is 31.8. The number of allylic oxidation sites excluding steroid dienone is 1. The number of para-hydroxylation sites is 2. The molecule has 1 unspecified atom stereocenters. The van der Waals surface area contributed by atoms with Gasteiger partial charge in [0.05, 0.1) is 16.1 Å². The molecule has 4 aromatic rings. The summed E-state index contributed by atoms with van der Waals surface area (Å²) in [5.41, 5.74) is 3.50. The monoisotopic (exact) mass is 495 g/mol. The van der Waals surface area contributed by atoms with Crippen molar-refractivity contribution in [2.75, 3.05) is 29.6 Å². The molecule has 2 heterocycles. The second kappa shape index (κ2) is 9.57. The number of nitrogens with zero attached hydrogens (tertiary/aromatic N) is 5. The average Bonchev–Trinajstić information content (AvgIpc) is 3.32. The smallest absolute Gasteiger partial charge is 0.275 e. The van der Waals surface area contributed by atoms with Gasteiger partial charge < -0.3 is 15.5 Å². The van der Waals surface area contributed by atoms with Crippen molar-refractivity contribution in [1.82, 2.24) is 14.8 Å². The number of fused-ring (bicyclic) bond motifs is 1. The van der Waals surface area contributed by atoms with Gasteiger partial charge in [-0.15, -0.1) is 5.10 Å². The van der Waals surface area contributed by atoms with Crippen molar-refractivity contribution in [1.29, 1.82) is 0 Å². The molecule has 1 aliphatic heterocycles. The summed E-state index contributed by atoms with van der Waals surface area (Å²) in [6.45, 7) is 1.76. The first-order chi connectivity index (χ1) is 17.8. The number of hydrogen-bond acceptors (Lipinski definition) is 7. The molecular weight excluding hydrogens is 470 g/mol. The molecule has 10 heteroatoms. The van der Waals surface area contributed by atoms with E-state index in [0.717, 1.165) is 11.3 Å². The summed E-state index contributed by atoms with van der Waals surface area (Å²) in [5.74, 6) is 0.440. The van der Waals surface area contributed by atoms with Crippen molar-refractivity contribution in [3.05, 3.63) is 106 Å². The highest BCUT2D eigenvalue weighted by atomic mass is 16.6. The molecule has 0 fully saturated rings. The van der Waals surface area contributed by atoms with E-state index in [4.69, 9.17) is 5.10 Å². The van der Waals surface area contributed by atoms with Gasteiger partial charge in [0.2, 0.25) is 5.95 Å². The van der Waals surface area contributed by atoms with E-state index in [-0.39, 0.29) is 5.69 Å². The van der Waals surface area contributed by atoms with Crippen molar-refractivity contribution in [3.8, 4) is 11.4 Å². The number of nitrogens with one attached hydrogen (secondary N) is 2. The molecule has 0 radical (unpaired) electrons. The Kier molecular flexibility index (Phi) is 6.14. The Morgan fingerprint density at radius 3 is 2.38 bits per heavy atom. The standard InChI is InChI=1S/C27H25N7O3/c1-17-23(26(35)29-19-9-5-4-6-10-19)24(21-11-7-8-12-22(21)34(36)37)33-27(28-17)30-25(31-33)18-13-15-20(16-14-18)32(2)3/h4-16,24H,1-3H3,(H,29,35)(H,28,30,31). The van der Waals surface area contributed by atoms with Crippen LogP contribution < -0.4 is 15.5 Å². The molecule has 1 atom stereocenters. The Morgan fingerprint density at radius 1 is 1.03 bits per heavy atom. The molecular formula is C27H25N7O3. The molecule has 10 nitrogen and oxygen atoms in total. The minimum Gasteiger partial charge on any atom is -0.378 e. The summed E-state index contributed by atoms with van der Waals surface area (Å²) >= 11 is 0. The van der Waals surface area contributed by atoms with Gasteiger partial charge in [-0.05, 0) is 49.4 Å². The SMILES string of the molecule is CC1=C(C(=O)Nc2ccccc2)C(c2ccccc2[N+](=O)[O-])n2nc(-c3ccc(N(C)C)cc3)nc2N1.